The molecule has 8 heteroatoms. The van der Waals surface area contributed by atoms with Crippen LogP contribution in [-0.4, -0.2) is 22.2 Å². The molecule has 0 aliphatic rings. The van der Waals surface area contributed by atoms with Crippen LogP contribution in [0.4, 0.5) is 14.5 Å². The molecule has 0 saturated heterocycles. The molecule has 0 amide bonds. The molecule has 2 N–H and O–H groups in total. The minimum atomic E-state index is -0.485. The van der Waals surface area contributed by atoms with Crippen LogP contribution in [0.5, 0.6) is 0 Å². The second kappa shape index (κ2) is 8.12. The highest BCUT2D eigenvalue weighted by molar-refractivity contribution is 5.93. The lowest BCUT2D eigenvalue weighted by molar-refractivity contribution is 0.407. The maximum Gasteiger partial charge on any atom is 0.276 e. The molecule has 2 aromatic carbocycles. The van der Waals surface area contributed by atoms with Gasteiger partial charge in [-0.2, -0.15) is 4.98 Å². The molecule has 2 aromatic heterocycles. The normalized spacial score (nSPS) is 11.8. The van der Waals surface area contributed by atoms with Gasteiger partial charge < -0.3 is 15.2 Å². The van der Waals surface area contributed by atoms with Gasteiger partial charge in [0.25, 0.3) is 5.89 Å². The zero-order valence-corrected chi connectivity index (χ0v) is 16.0. The first kappa shape index (κ1) is 19.3. The third-order valence-electron chi connectivity index (χ3n) is 4.48. The minimum absolute atomic E-state index is 0.0305. The fourth-order valence-electron chi connectivity index (χ4n) is 3.02. The second-order valence-corrected chi connectivity index (χ2v) is 6.39. The first-order chi connectivity index (χ1) is 14.6. The maximum atomic E-state index is 14.4. The number of nitrogens with two attached hydrogens (primary N) is 1. The van der Waals surface area contributed by atoms with Crippen LogP contribution in [0.15, 0.2) is 77.4 Å². The number of nitrogens with zero attached hydrogens (tertiary/aromatic N) is 4. The van der Waals surface area contributed by atoms with E-state index in [1.54, 1.807) is 66.7 Å². The third-order valence-corrected chi connectivity index (χ3v) is 4.48. The van der Waals surface area contributed by atoms with Gasteiger partial charge in [0.05, 0.1) is 22.6 Å². The largest absolute Gasteiger partial charge is 0.392 e. The van der Waals surface area contributed by atoms with Crippen molar-refractivity contribution in [2.45, 2.75) is 0 Å². The maximum absolute atomic E-state index is 14.4. The van der Waals surface area contributed by atoms with Crippen molar-refractivity contribution in [1.29, 1.82) is 0 Å². The number of anilines is 1. The first-order valence-corrected chi connectivity index (χ1v) is 9.04. The lowest BCUT2D eigenvalue weighted by Gasteiger charge is -2.24. The average Bonchev–Trinajstić information content (AvgIpc) is 3.25. The van der Waals surface area contributed by atoms with Crippen LogP contribution in [0.1, 0.15) is 11.6 Å². The van der Waals surface area contributed by atoms with Gasteiger partial charge in [-0.1, -0.05) is 35.5 Å². The molecule has 150 valence electrons. The third kappa shape index (κ3) is 3.62. The predicted octanol–water partition coefficient (Wildman–Crippen LogP) is 4.33. The molecule has 0 saturated carbocycles. The highest BCUT2D eigenvalue weighted by Crippen LogP contribution is 2.30. The highest BCUT2D eigenvalue weighted by Gasteiger charge is 2.22. The van der Waals surface area contributed by atoms with E-state index in [2.05, 4.69) is 15.1 Å². The summed E-state index contributed by atoms with van der Waals surface area (Å²) >= 11 is 0. The molecule has 4 rings (SSSR count). The van der Waals surface area contributed by atoms with E-state index in [0.29, 0.717) is 11.4 Å². The van der Waals surface area contributed by atoms with Crippen molar-refractivity contribution in [3.05, 3.63) is 96.1 Å². The fraction of sp³-hybridized carbons (Fsp3) is 0.0455. The topological polar surface area (TPSA) is 81.1 Å². The Kier molecular flexibility index (Phi) is 5.21. The number of pyridine rings is 1. The molecular formula is C22H17F2N5O. The summed E-state index contributed by atoms with van der Waals surface area (Å²) in [5, 5.41) is 3.84. The Morgan fingerprint density at radius 3 is 2.33 bits per heavy atom. The Labute approximate surface area is 171 Å². The molecule has 4 aromatic rings. The summed E-state index contributed by atoms with van der Waals surface area (Å²) in [4.78, 5) is 10.1. The minimum Gasteiger partial charge on any atom is -0.392 e. The van der Waals surface area contributed by atoms with Crippen molar-refractivity contribution in [2.24, 2.45) is 5.73 Å². The lowest BCUT2D eigenvalue weighted by Crippen LogP contribution is -2.21. The standard InChI is InChI=1S/C22H17F2N5O/c1-29(18-12-5-4-10-16(18)24)20(17-11-6-7-13-26-17)19(25)22-27-21(28-30-22)14-8-2-3-9-15(14)23/h2-13H,25H2,1H3/b20-19-. The molecule has 6 nitrogen and oxygen atoms in total. The monoisotopic (exact) mass is 405 g/mol. The van der Waals surface area contributed by atoms with Crippen molar-refractivity contribution in [2.75, 3.05) is 11.9 Å². The number of hydrogen-bond acceptors (Lipinski definition) is 6. The van der Waals surface area contributed by atoms with Crippen LogP contribution in [-0.2, 0) is 0 Å². The number of hydrogen-bond donors (Lipinski definition) is 1. The zero-order chi connectivity index (χ0) is 21.1. The molecule has 0 fully saturated rings. The van der Waals surface area contributed by atoms with Gasteiger partial charge in [-0.05, 0) is 36.4 Å². The van der Waals surface area contributed by atoms with E-state index < -0.39 is 11.6 Å². The van der Waals surface area contributed by atoms with E-state index in [1.165, 1.54) is 18.2 Å². The van der Waals surface area contributed by atoms with Crippen molar-refractivity contribution in [3.8, 4) is 11.4 Å². The molecule has 0 bridgehead atoms. The van der Waals surface area contributed by atoms with Crippen molar-refractivity contribution < 1.29 is 13.3 Å². The summed E-state index contributed by atoms with van der Waals surface area (Å²) in [5.74, 6) is -0.892. The van der Waals surface area contributed by atoms with Gasteiger partial charge >= 0.3 is 0 Å². The average molecular weight is 405 g/mol. The molecule has 0 atom stereocenters. The molecule has 2 heterocycles. The van der Waals surface area contributed by atoms with Gasteiger partial charge in [-0.3, -0.25) is 4.98 Å². The summed E-state index contributed by atoms with van der Waals surface area (Å²) < 4.78 is 33.8. The van der Waals surface area contributed by atoms with Crippen LogP contribution < -0.4 is 10.6 Å². The number of aromatic nitrogens is 3. The number of halogens is 2. The first-order valence-electron chi connectivity index (χ1n) is 9.04. The van der Waals surface area contributed by atoms with E-state index >= 15 is 0 Å². The Morgan fingerprint density at radius 1 is 0.933 bits per heavy atom. The van der Waals surface area contributed by atoms with Crippen LogP contribution in [0, 0.1) is 11.6 Å². The summed E-state index contributed by atoms with van der Waals surface area (Å²) in [6, 6.07) is 17.6. The van der Waals surface area contributed by atoms with Crippen LogP contribution in [0.3, 0.4) is 0 Å². The smallest absolute Gasteiger partial charge is 0.276 e. The van der Waals surface area contributed by atoms with E-state index in [0.717, 1.165) is 0 Å². The van der Waals surface area contributed by atoms with Crippen LogP contribution in [0.2, 0.25) is 0 Å². The lowest BCUT2D eigenvalue weighted by atomic mass is 10.1. The summed E-state index contributed by atoms with van der Waals surface area (Å²) in [5.41, 5.74) is 7.77. The van der Waals surface area contributed by atoms with Gasteiger partial charge in [-0.15, -0.1) is 0 Å². The molecule has 30 heavy (non-hydrogen) atoms. The highest BCUT2D eigenvalue weighted by atomic mass is 19.1. The predicted molar refractivity (Wildman–Crippen MR) is 110 cm³/mol. The Balaban J connectivity index is 1.84. The SMILES string of the molecule is CN(/C(=C(\N)c1nc(-c2ccccc2F)no1)c1ccccn1)c1ccccc1F. The van der Waals surface area contributed by atoms with Crippen molar-refractivity contribution >= 4 is 17.1 Å². The van der Waals surface area contributed by atoms with Crippen LogP contribution in [0.25, 0.3) is 22.8 Å². The number of benzene rings is 2. The van der Waals surface area contributed by atoms with Gasteiger partial charge in [-0.25, -0.2) is 8.78 Å². The van der Waals surface area contributed by atoms with Gasteiger partial charge in [0, 0.05) is 13.2 Å². The Hall–Kier alpha value is -4.07. The number of rotatable bonds is 5. The van der Waals surface area contributed by atoms with Crippen molar-refractivity contribution in [3.63, 3.8) is 0 Å². The molecule has 0 aliphatic heterocycles. The van der Waals surface area contributed by atoms with E-state index in [9.17, 15) is 8.78 Å². The number of para-hydroxylation sites is 1. The van der Waals surface area contributed by atoms with Gasteiger partial charge in [0.1, 0.15) is 17.3 Å². The molecule has 0 radical (unpaired) electrons. The van der Waals surface area contributed by atoms with Gasteiger partial charge in [0.2, 0.25) is 5.82 Å². The van der Waals surface area contributed by atoms with Gasteiger partial charge in [0.15, 0.2) is 0 Å². The summed E-state index contributed by atoms with van der Waals surface area (Å²) in [7, 11) is 1.66. The Bertz CT molecular complexity index is 1210. The molecular weight excluding hydrogens is 388 g/mol. The van der Waals surface area contributed by atoms with Crippen LogP contribution >= 0.6 is 0 Å². The summed E-state index contributed by atoms with van der Waals surface area (Å²) in [6.07, 6.45) is 1.59. The van der Waals surface area contributed by atoms with E-state index in [-0.39, 0.29) is 28.7 Å². The van der Waals surface area contributed by atoms with E-state index in [1.807, 2.05) is 0 Å². The van der Waals surface area contributed by atoms with E-state index in [4.69, 9.17) is 10.3 Å². The molecule has 0 spiro atoms. The quantitative estimate of drug-likeness (QED) is 0.532. The Morgan fingerprint density at radius 2 is 1.63 bits per heavy atom. The van der Waals surface area contributed by atoms with Crippen molar-refractivity contribution in [1.82, 2.24) is 15.1 Å². The zero-order valence-electron chi connectivity index (χ0n) is 16.0. The molecule has 0 aliphatic carbocycles. The fourth-order valence-corrected chi connectivity index (χ4v) is 3.02. The summed E-state index contributed by atoms with van der Waals surface area (Å²) in [6.45, 7) is 0. The molecule has 0 unspecified atom stereocenters. The second-order valence-electron chi connectivity index (χ2n) is 6.39.